The molecule has 0 aliphatic carbocycles. The van der Waals surface area contributed by atoms with Gasteiger partial charge in [-0.3, -0.25) is 4.72 Å². The van der Waals surface area contributed by atoms with Crippen molar-refractivity contribution in [1.82, 2.24) is 9.97 Å². The minimum Gasteiger partial charge on any atom is -0.340 e. The van der Waals surface area contributed by atoms with Gasteiger partial charge < -0.3 is 5.32 Å². The number of aryl methyl sites for hydroxylation is 1. The van der Waals surface area contributed by atoms with Crippen LogP contribution in [0.2, 0.25) is 0 Å². The Morgan fingerprint density at radius 1 is 0.824 bits per heavy atom. The highest BCUT2D eigenvalue weighted by molar-refractivity contribution is 7.92. The van der Waals surface area contributed by atoms with E-state index in [-0.39, 0.29) is 10.6 Å². The topological polar surface area (TPSA) is 84.0 Å². The summed E-state index contributed by atoms with van der Waals surface area (Å²) in [4.78, 5) is 8.43. The van der Waals surface area contributed by atoms with Gasteiger partial charge in [-0.25, -0.2) is 18.4 Å². The second kappa shape index (κ2) is 9.14. The van der Waals surface area contributed by atoms with Gasteiger partial charge in [-0.2, -0.15) is 13.2 Å². The number of hydrogen-bond donors (Lipinski definition) is 2. The average Bonchev–Trinajstić information content (AvgIpc) is 2.79. The van der Waals surface area contributed by atoms with E-state index in [1.54, 1.807) is 42.5 Å². The van der Waals surface area contributed by atoms with Crippen LogP contribution >= 0.6 is 0 Å². The van der Waals surface area contributed by atoms with E-state index >= 15 is 0 Å². The van der Waals surface area contributed by atoms with Crippen molar-refractivity contribution in [2.45, 2.75) is 18.0 Å². The summed E-state index contributed by atoms with van der Waals surface area (Å²) in [5.41, 5.74) is 1.86. The number of rotatable bonds is 6. The molecule has 0 saturated heterocycles. The van der Waals surface area contributed by atoms with Gasteiger partial charge in [0, 0.05) is 23.0 Å². The molecule has 0 spiro atoms. The summed E-state index contributed by atoms with van der Waals surface area (Å²) in [6.07, 6.45) is -3.16. The Kier molecular flexibility index (Phi) is 6.25. The van der Waals surface area contributed by atoms with E-state index in [4.69, 9.17) is 0 Å². The maximum Gasteiger partial charge on any atom is 0.416 e. The highest BCUT2D eigenvalue weighted by Crippen LogP contribution is 2.31. The summed E-state index contributed by atoms with van der Waals surface area (Å²) in [6, 6.07) is 19.5. The fourth-order valence-corrected chi connectivity index (χ4v) is 4.37. The molecule has 0 bridgehead atoms. The molecule has 2 N–H and O–H groups in total. The lowest BCUT2D eigenvalue weighted by atomic mass is 10.1. The zero-order chi connectivity index (χ0) is 24.3. The minimum atomic E-state index is -4.45. The Bertz CT molecular complexity index is 1420. The number of halogens is 3. The number of aromatic nitrogens is 2. The third-order valence-corrected chi connectivity index (χ3v) is 6.24. The van der Waals surface area contributed by atoms with Crippen LogP contribution in [0.15, 0.2) is 90.1 Å². The van der Waals surface area contributed by atoms with E-state index in [9.17, 15) is 21.6 Å². The maximum absolute atomic E-state index is 12.9. The molecular weight excluding hydrogens is 465 g/mol. The summed E-state index contributed by atoms with van der Waals surface area (Å²) >= 11 is 0. The van der Waals surface area contributed by atoms with Gasteiger partial charge in [0.1, 0.15) is 12.1 Å². The van der Waals surface area contributed by atoms with Gasteiger partial charge in [0.05, 0.1) is 16.2 Å². The van der Waals surface area contributed by atoms with Crippen molar-refractivity contribution >= 4 is 27.2 Å². The zero-order valence-corrected chi connectivity index (χ0v) is 18.7. The molecule has 3 aromatic carbocycles. The van der Waals surface area contributed by atoms with Crippen LogP contribution in [-0.4, -0.2) is 18.4 Å². The molecule has 0 atom stereocenters. The molecule has 1 heterocycles. The van der Waals surface area contributed by atoms with Crippen LogP contribution in [-0.2, 0) is 16.2 Å². The lowest BCUT2D eigenvalue weighted by Crippen LogP contribution is -2.12. The normalized spacial score (nSPS) is 11.8. The van der Waals surface area contributed by atoms with Crippen molar-refractivity contribution < 1.29 is 21.6 Å². The highest BCUT2D eigenvalue weighted by Gasteiger charge is 2.30. The lowest BCUT2D eigenvalue weighted by Gasteiger charge is -2.11. The van der Waals surface area contributed by atoms with Crippen molar-refractivity contribution in [3.05, 3.63) is 96.3 Å². The van der Waals surface area contributed by atoms with Crippen LogP contribution in [0.25, 0.3) is 11.3 Å². The lowest BCUT2D eigenvalue weighted by molar-refractivity contribution is -0.137. The Morgan fingerprint density at radius 3 is 2.26 bits per heavy atom. The molecule has 0 saturated carbocycles. The van der Waals surface area contributed by atoms with Gasteiger partial charge in [0.2, 0.25) is 0 Å². The molecule has 6 nitrogen and oxygen atoms in total. The molecule has 0 unspecified atom stereocenters. The predicted octanol–water partition coefficient (Wildman–Crippen LogP) is 6.02. The largest absolute Gasteiger partial charge is 0.416 e. The smallest absolute Gasteiger partial charge is 0.340 e. The van der Waals surface area contributed by atoms with Gasteiger partial charge in [-0.15, -0.1) is 0 Å². The number of hydrogen-bond acceptors (Lipinski definition) is 5. The van der Waals surface area contributed by atoms with Gasteiger partial charge >= 0.3 is 6.18 Å². The van der Waals surface area contributed by atoms with E-state index < -0.39 is 21.8 Å². The number of nitrogens with one attached hydrogen (secondary N) is 2. The van der Waals surface area contributed by atoms with Crippen LogP contribution in [0, 0.1) is 6.92 Å². The number of benzene rings is 3. The molecule has 0 radical (unpaired) electrons. The SMILES string of the molecule is Cc1cccc(S(=O)(=O)Nc2ccc(-c3cc(Nc4cccc(C(F)(F)F)c4)ncn3)cc2)c1. The number of anilines is 3. The van der Waals surface area contributed by atoms with E-state index in [0.717, 1.165) is 17.7 Å². The van der Waals surface area contributed by atoms with E-state index in [0.29, 0.717) is 22.8 Å². The summed E-state index contributed by atoms with van der Waals surface area (Å²) in [6.45, 7) is 1.81. The molecule has 0 aliphatic rings. The Labute approximate surface area is 194 Å². The van der Waals surface area contributed by atoms with E-state index in [2.05, 4.69) is 20.0 Å². The van der Waals surface area contributed by atoms with Crippen molar-refractivity contribution in [2.24, 2.45) is 0 Å². The average molecular weight is 485 g/mol. The van der Waals surface area contributed by atoms with Crippen molar-refractivity contribution in [3.63, 3.8) is 0 Å². The third kappa shape index (κ3) is 5.52. The summed E-state index contributed by atoms with van der Waals surface area (Å²) in [5, 5.41) is 2.85. The second-order valence-electron chi connectivity index (χ2n) is 7.49. The molecule has 10 heteroatoms. The number of sulfonamides is 1. The molecule has 4 aromatic rings. The fraction of sp³-hybridized carbons (Fsp3) is 0.0833. The fourth-order valence-electron chi connectivity index (χ4n) is 3.21. The molecule has 0 fully saturated rings. The van der Waals surface area contributed by atoms with Gasteiger partial charge in [0.15, 0.2) is 0 Å². The molecular formula is C24H19F3N4O2S. The standard InChI is InChI=1S/C24H19F3N4O2S/c1-16-4-2-7-21(12-16)34(32,33)31-19-10-8-17(9-11-19)22-14-23(29-15-28-22)30-20-6-3-5-18(13-20)24(25,26)27/h2-15,31H,1H3,(H,28,29,30). The number of alkyl halides is 3. The molecule has 34 heavy (non-hydrogen) atoms. The first kappa shape index (κ1) is 23.2. The monoisotopic (exact) mass is 484 g/mol. The highest BCUT2D eigenvalue weighted by atomic mass is 32.2. The van der Waals surface area contributed by atoms with Crippen LogP contribution in [0.5, 0.6) is 0 Å². The van der Waals surface area contributed by atoms with Crippen LogP contribution < -0.4 is 10.0 Å². The summed E-state index contributed by atoms with van der Waals surface area (Å²) in [7, 11) is -3.73. The van der Waals surface area contributed by atoms with Crippen LogP contribution in [0.1, 0.15) is 11.1 Å². The van der Waals surface area contributed by atoms with Crippen LogP contribution in [0.3, 0.4) is 0 Å². The van der Waals surface area contributed by atoms with Crippen LogP contribution in [0.4, 0.5) is 30.4 Å². The third-order valence-electron chi connectivity index (χ3n) is 4.86. The Morgan fingerprint density at radius 2 is 1.56 bits per heavy atom. The quantitative estimate of drug-likeness (QED) is 0.350. The first-order valence-corrected chi connectivity index (χ1v) is 11.5. The van der Waals surface area contributed by atoms with E-state index in [1.165, 1.54) is 24.5 Å². The number of nitrogens with zero attached hydrogens (tertiary/aromatic N) is 2. The molecule has 1 aromatic heterocycles. The zero-order valence-electron chi connectivity index (χ0n) is 17.8. The first-order chi connectivity index (χ1) is 16.1. The Balaban J connectivity index is 1.51. The van der Waals surface area contributed by atoms with Gasteiger partial charge in [-0.05, 0) is 55.0 Å². The molecule has 0 aliphatic heterocycles. The molecule has 4 rings (SSSR count). The van der Waals surface area contributed by atoms with Gasteiger partial charge in [0.25, 0.3) is 10.0 Å². The minimum absolute atomic E-state index is 0.165. The van der Waals surface area contributed by atoms with E-state index in [1.807, 2.05) is 13.0 Å². The maximum atomic E-state index is 12.9. The molecule has 0 amide bonds. The van der Waals surface area contributed by atoms with Crippen molar-refractivity contribution in [2.75, 3.05) is 10.0 Å². The predicted molar refractivity (Wildman–Crippen MR) is 124 cm³/mol. The molecule has 174 valence electrons. The van der Waals surface area contributed by atoms with Crippen molar-refractivity contribution in [1.29, 1.82) is 0 Å². The Hall–Kier alpha value is -3.92. The van der Waals surface area contributed by atoms with Crippen molar-refractivity contribution in [3.8, 4) is 11.3 Å². The summed E-state index contributed by atoms with van der Waals surface area (Å²) in [5.74, 6) is 0.313. The summed E-state index contributed by atoms with van der Waals surface area (Å²) < 4.78 is 66.6. The second-order valence-corrected chi connectivity index (χ2v) is 9.17. The first-order valence-electron chi connectivity index (χ1n) is 10.1. The van der Waals surface area contributed by atoms with Gasteiger partial charge in [-0.1, -0.05) is 30.3 Å².